The first-order chi connectivity index (χ1) is 9.24. The normalized spacial score (nSPS) is 30.9. The van der Waals surface area contributed by atoms with Gasteiger partial charge in [-0.3, -0.25) is 4.90 Å². The van der Waals surface area contributed by atoms with Crippen LogP contribution in [0.5, 0.6) is 0 Å². The van der Waals surface area contributed by atoms with Crippen LogP contribution in [0.25, 0.3) is 0 Å². The average molecular weight is 267 g/mol. The Hall–Kier alpha value is -0.120. The van der Waals surface area contributed by atoms with Crippen LogP contribution in [0.1, 0.15) is 58.8 Å². The Kier molecular flexibility index (Phi) is 6.11. The minimum Gasteiger partial charge on any atom is -0.328 e. The predicted octanol–water partition coefficient (Wildman–Crippen LogP) is 2.45. The lowest BCUT2D eigenvalue weighted by molar-refractivity contribution is 0.0564. The zero-order valence-electron chi connectivity index (χ0n) is 13.0. The fraction of sp³-hybridized carbons (Fsp3) is 1.00. The maximum absolute atomic E-state index is 6.06. The SMILES string of the molecule is CCCN(C1CCC(N)CC1)C1CCN(CC)CC1. The summed E-state index contributed by atoms with van der Waals surface area (Å²) in [5.74, 6) is 0. The fourth-order valence-electron chi connectivity index (χ4n) is 3.92. The van der Waals surface area contributed by atoms with Crippen LogP contribution in [0.3, 0.4) is 0 Å². The molecule has 1 heterocycles. The van der Waals surface area contributed by atoms with Gasteiger partial charge in [0, 0.05) is 18.1 Å². The molecule has 19 heavy (non-hydrogen) atoms. The number of hydrogen-bond acceptors (Lipinski definition) is 3. The molecule has 0 aromatic rings. The molecule has 1 aliphatic carbocycles. The van der Waals surface area contributed by atoms with Gasteiger partial charge in [0.1, 0.15) is 0 Å². The van der Waals surface area contributed by atoms with Gasteiger partial charge in [-0.1, -0.05) is 13.8 Å². The van der Waals surface area contributed by atoms with E-state index in [1.165, 1.54) is 71.1 Å². The maximum Gasteiger partial charge on any atom is 0.0122 e. The van der Waals surface area contributed by atoms with Gasteiger partial charge < -0.3 is 10.6 Å². The first-order valence-electron chi connectivity index (χ1n) is 8.48. The summed E-state index contributed by atoms with van der Waals surface area (Å²) in [6.45, 7) is 9.71. The van der Waals surface area contributed by atoms with Crippen molar-refractivity contribution in [1.82, 2.24) is 9.80 Å². The van der Waals surface area contributed by atoms with Crippen molar-refractivity contribution in [3.63, 3.8) is 0 Å². The van der Waals surface area contributed by atoms with E-state index in [1.54, 1.807) is 0 Å². The molecule has 0 spiro atoms. The largest absolute Gasteiger partial charge is 0.328 e. The molecule has 2 N–H and O–H groups in total. The topological polar surface area (TPSA) is 32.5 Å². The van der Waals surface area contributed by atoms with Crippen molar-refractivity contribution >= 4 is 0 Å². The molecule has 3 nitrogen and oxygen atoms in total. The lowest BCUT2D eigenvalue weighted by Crippen LogP contribution is -2.50. The molecule has 0 aromatic carbocycles. The molecule has 1 saturated heterocycles. The molecule has 1 aliphatic heterocycles. The van der Waals surface area contributed by atoms with E-state index in [9.17, 15) is 0 Å². The second kappa shape index (κ2) is 7.61. The second-order valence-corrected chi connectivity index (χ2v) is 6.47. The number of rotatable bonds is 5. The van der Waals surface area contributed by atoms with Gasteiger partial charge in [0.25, 0.3) is 0 Å². The molecule has 0 aromatic heterocycles. The number of piperidine rings is 1. The van der Waals surface area contributed by atoms with Gasteiger partial charge >= 0.3 is 0 Å². The molecule has 2 aliphatic rings. The third-order valence-electron chi connectivity index (χ3n) is 5.17. The van der Waals surface area contributed by atoms with E-state index in [4.69, 9.17) is 5.73 Å². The Morgan fingerprint density at radius 2 is 1.53 bits per heavy atom. The third-order valence-corrected chi connectivity index (χ3v) is 5.17. The van der Waals surface area contributed by atoms with Gasteiger partial charge in [0.15, 0.2) is 0 Å². The van der Waals surface area contributed by atoms with Crippen LogP contribution >= 0.6 is 0 Å². The monoisotopic (exact) mass is 267 g/mol. The van der Waals surface area contributed by atoms with Crippen molar-refractivity contribution in [3.8, 4) is 0 Å². The van der Waals surface area contributed by atoms with Crippen molar-refractivity contribution in [2.24, 2.45) is 5.73 Å². The van der Waals surface area contributed by atoms with E-state index in [2.05, 4.69) is 23.6 Å². The van der Waals surface area contributed by atoms with Crippen LogP contribution in [0.2, 0.25) is 0 Å². The number of likely N-dealkylation sites (tertiary alicyclic amines) is 1. The van der Waals surface area contributed by atoms with E-state index in [1.807, 2.05) is 0 Å². The Morgan fingerprint density at radius 3 is 2.05 bits per heavy atom. The highest BCUT2D eigenvalue weighted by molar-refractivity contribution is 4.87. The number of hydrogen-bond donors (Lipinski definition) is 1. The standard InChI is InChI=1S/C16H33N3/c1-3-11-19(15-7-5-14(17)6-8-15)16-9-12-18(4-2)13-10-16/h14-16H,3-13,17H2,1-2H3. The summed E-state index contributed by atoms with van der Waals surface area (Å²) in [6, 6.07) is 2.13. The van der Waals surface area contributed by atoms with Gasteiger partial charge in [-0.15, -0.1) is 0 Å². The van der Waals surface area contributed by atoms with Crippen LogP contribution < -0.4 is 5.73 Å². The van der Waals surface area contributed by atoms with E-state index < -0.39 is 0 Å². The first-order valence-corrected chi connectivity index (χ1v) is 8.48. The minimum atomic E-state index is 0.474. The fourth-order valence-corrected chi connectivity index (χ4v) is 3.92. The third kappa shape index (κ3) is 4.17. The maximum atomic E-state index is 6.06. The Balaban J connectivity index is 1.88. The molecule has 2 rings (SSSR count). The quantitative estimate of drug-likeness (QED) is 0.830. The minimum absolute atomic E-state index is 0.474. The van der Waals surface area contributed by atoms with Crippen molar-refractivity contribution in [1.29, 1.82) is 0 Å². The summed E-state index contributed by atoms with van der Waals surface area (Å²) in [7, 11) is 0. The highest BCUT2D eigenvalue weighted by Gasteiger charge is 2.30. The second-order valence-electron chi connectivity index (χ2n) is 6.47. The van der Waals surface area contributed by atoms with Crippen LogP contribution in [0, 0.1) is 0 Å². The van der Waals surface area contributed by atoms with Crippen molar-refractivity contribution in [2.75, 3.05) is 26.2 Å². The first kappa shape index (κ1) is 15.3. The van der Waals surface area contributed by atoms with E-state index in [0.717, 1.165) is 12.1 Å². The molecule has 1 saturated carbocycles. The highest BCUT2D eigenvalue weighted by atomic mass is 15.2. The smallest absolute Gasteiger partial charge is 0.0122 e. The predicted molar refractivity (Wildman–Crippen MR) is 82.4 cm³/mol. The van der Waals surface area contributed by atoms with Crippen LogP contribution in [-0.4, -0.2) is 54.1 Å². The molecule has 2 fully saturated rings. The highest BCUT2D eigenvalue weighted by Crippen LogP contribution is 2.27. The summed E-state index contributed by atoms with van der Waals surface area (Å²) in [5, 5.41) is 0. The molecule has 3 heteroatoms. The van der Waals surface area contributed by atoms with Gasteiger partial charge in [-0.25, -0.2) is 0 Å². The number of nitrogens with zero attached hydrogens (tertiary/aromatic N) is 2. The Morgan fingerprint density at radius 1 is 0.947 bits per heavy atom. The molecule has 0 atom stereocenters. The van der Waals surface area contributed by atoms with Gasteiger partial charge in [0.05, 0.1) is 0 Å². The molecule has 0 unspecified atom stereocenters. The van der Waals surface area contributed by atoms with Crippen molar-refractivity contribution in [3.05, 3.63) is 0 Å². The Bertz CT molecular complexity index is 240. The summed E-state index contributed by atoms with van der Waals surface area (Å²) in [5.41, 5.74) is 6.06. The van der Waals surface area contributed by atoms with Crippen molar-refractivity contribution in [2.45, 2.75) is 76.9 Å². The van der Waals surface area contributed by atoms with Gasteiger partial charge in [-0.05, 0) is 71.1 Å². The van der Waals surface area contributed by atoms with Gasteiger partial charge in [-0.2, -0.15) is 0 Å². The summed E-state index contributed by atoms with van der Waals surface area (Å²) in [6.07, 6.45) is 9.16. The molecule has 112 valence electrons. The molecular formula is C16H33N3. The zero-order valence-corrected chi connectivity index (χ0v) is 13.0. The molecule has 0 amide bonds. The molecular weight excluding hydrogens is 234 g/mol. The van der Waals surface area contributed by atoms with Crippen molar-refractivity contribution < 1.29 is 0 Å². The van der Waals surface area contributed by atoms with Crippen LogP contribution in [0.4, 0.5) is 0 Å². The van der Waals surface area contributed by atoms with E-state index in [-0.39, 0.29) is 0 Å². The molecule has 0 radical (unpaired) electrons. The van der Waals surface area contributed by atoms with E-state index in [0.29, 0.717) is 6.04 Å². The zero-order chi connectivity index (χ0) is 13.7. The number of nitrogens with two attached hydrogens (primary N) is 1. The summed E-state index contributed by atoms with van der Waals surface area (Å²) < 4.78 is 0. The average Bonchev–Trinajstić information content (AvgIpc) is 2.46. The van der Waals surface area contributed by atoms with Gasteiger partial charge in [0.2, 0.25) is 0 Å². The van der Waals surface area contributed by atoms with Crippen LogP contribution in [0.15, 0.2) is 0 Å². The lowest BCUT2D eigenvalue weighted by atomic mass is 9.88. The van der Waals surface area contributed by atoms with Crippen LogP contribution in [-0.2, 0) is 0 Å². The lowest BCUT2D eigenvalue weighted by Gasteiger charge is -2.44. The molecule has 0 bridgehead atoms. The Labute approximate surface area is 119 Å². The summed E-state index contributed by atoms with van der Waals surface area (Å²) in [4.78, 5) is 5.44. The van der Waals surface area contributed by atoms with E-state index >= 15 is 0 Å². The summed E-state index contributed by atoms with van der Waals surface area (Å²) >= 11 is 0.